The summed E-state index contributed by atoms with van der Waals surface area (Å²) in [4.78, 5) is 85.7. The molecule has 0 aromatic carbocycles. The van der Waals surface area contributed by atoms with Crippen LogP contribution in [0.3, 0.4) is 0 Å². The van der Waals surface area contributed by atoms with E-state index in [1.165, 1.54) is 66.6 Å². The molecule has 3 N–H and O–H groups in total. The van der Waals surface area contributed by atoms with Gasteiger partial charge in [-0.25, -0.2) is 19.2 Å². The molecular weight excluding hydrogens is 845 g/mol. The molecule has 0 aliphatic carbocycles. The van der Waals surface area contributed by atoms with Crippen molar-refractivity contribution < 1.29 is 58.1 Å². The van der Waals surface area contributed by atoms with Crippen molar-refractivity contribution in [1.29, 1.82) is 0 Å². The highest BCUT2D eigenvalue weighted by atomic mass is 35.5. The molecule has 26 heteroatoms. The summed E-state index contributed by atoms with van der Waals surface area (Å²) in [6, 6.07) is 6.58. The Morgan fingerprint density at radius 1 is 0.550 bits per heavy atom. The predicted octanol–water partition coefficient (Wildman–Crippen LogP) is 4.07. The van der Waals surface area contributed by atoms with Crippen molar-refractivity contribution in [3.63, 3.8) is 0 Å². The second kappa shape index (κ2) is 23.1. The first-order valence-electron chi connectivity index (χ1n) is 16.1. The molecule has 5 rings (SSSR count). The monoisotopic (exact) mass is 885 g/mol. The van der Waals surface area contributed by atoms with Crippen molar-refractivity contribution in [2.75, 3.05) is 27.1 Å². The van der Waals surface area contributed by atoms with E-state index >= 15 is 0 Å². The van der Waals surface area contributed by atoms with Crippen LogP contribution in [0.2, 0.25) is 0 Å². The molecule has 0 atom stereocenters. The Kier molecular flexibility index (Phi) is 20.2. The zero-order chi connectivity index (χ0) is 44.2. The number of aromatic carboxylic acids is 1. The van der Waals surface area contributed by atoms with Crippen LogP contribution >= 0.6 is 24.8 Å². The number of hydrogen-bond donors (Lipinski definition) is 2. The topological polar surface area (TPSA) is 313 Å². The number of carboxylic acid groups (broad SMARTS) is 1. The number of carboxylic acids is 1. The highest BCUT2D eigenvalue weighted by Crippen LogP contribution is 2.19. The molecule has 0 unspecified atom stereocenters. The third-order valence-corrected chi connectivity index (χ3v) is 7.74. The number of carbonyl (C=O) groups excluding carboxylic acids is 4. The normalized spacial score (nSPS) is 9.67. The van der Waals surface area contributed by atoms with Crippen molar-refractivity contribution in [3.05, 3.63) is 126 Å². The summed E-state index contributed by atoms with van der Waals surface area (Å²) < 4.78 is 20.8. The summed E-state index contributed by atoms with van der Waals surface area (Å²) in [7, 11) is 11.8. The van der Waals surface area contributed by atoms with Crippen molar-refractivity contribution >= 4 is 77.2 Å². The molecule has 0 spiro atoms. The molecule has 0 aliphatic heterocycles. The Hall–Kier alpha value is -7.47. The van der Waals surface area contributed by atoms with Crippen LogP contribution in [0.25, 0.3) is 0 Å². The van der Waals surface area contributed by atoms with E-state index in [0.717, 1.165) is 12.3 Å². The molecule has 5 heterocycles. The molecule has 60 heavy (non-hydrogen) atoms. The van der Waals surface area contributed by atoms with Crippen LogP contribution in [0.1, 0.15) is 58.0 Å². The summed E-state index contributed by atoms with van der Waals surface area (Å²) in [6.45, 7) is 0. The minimum atomic E-state index is -1.18. The molecule has 0 bridgehead atoms. The number of carbonyl (C=O) groups is 5. The van der Waals surface area contributed by atoms with Gasteiger partial charge in [-0.05, 0) is 17.7 Å². The second-order valence-corrected chi connectivity index (χ2v) is 11.8. The van der Waals surface area contributed by atoms with Crippen LogP contribution in [0.5, 0.6) is 0 Å². The Morgan fingerprint density at radius 3 is 1.20 bits per heavy atom. The first-order chi connectivity index (χ1) is 27.1. The second-order valence-electron chi connectivity index (χ2n) is 11.8. The number of aryl methyl sites for hydroxylation is 5. The molecule has 0 saturated carbocycles. The number of nitrogen functional groups attached to an aromatic ring is 1. The minimum absolute atomic E-state index is 0. The standard InChI is InChI=1S/C14H15N3O5.C7H8N2O4.C7H10N2O2.C6H6N2O4.2ClH/c1-15-7-9(4-12(15)14(19)22-3)5-13(18)11-6-10(17(20)21)8-16(11)2;1-8-4-5(9(11)12)3-6(8)7(10)13-2;1-9-4-5(8)3-6(9)7(10)11-2;1-7-3-4(8(11)12)2-5(7)6(9)10;;/h4,6-8H,5H2,1-3H3;3-4H,1-2H3;3-4H,8H2,1-2H3;2-3H,1H3,(H,9,10);2*1H. The van der Waals surface area contributed by atoms with E-state index in [-0.39, 0.29) is 77.1 Å². The van der Waals surface area contributed by atoms with Crippen molar-refractivity contribution in [2.24, 2.45) is 35.2 Å². The van der Waals surface area contributed by atoms with E-state index in [9.17, 15) is 54.3 Å². The van der Waals surface area contributed by atoms with Gasteiger partial charge in [0.25, 0.3) is 17.1 Å². The largest absolute Gasteiger partial charge is 0.477 e. The summed E-state index contributed by atoms with van der Waals surface area (Å²) >= 11 is 0. The number of nitrogens with two attached hydrogens (primary N) is 1. The van der Waals surface area contributed by atoms with Gasteiger partial charge in [-0.1, -0.05) is 0 Å². The number of nitro groups is 3. The van der Waals surface area contributed by atoms with Gasteiger partial charge in [0.2, 0.25) is 0 Å². The summed E-state index contributed by atoms with van der Waals surface area (Å²) in [5.41, 5.74) is 7.29. The Bertz CT molecular complexity index is 2370. The number of halogens is 2. The average Bonchev–Trinajstić information content (AvgIpc) is 3.99. The van der Waals surface area contributed by atoms with Gasteiger partial charge in [-0.15, -0.1) is 24.8 Å². The molecule has 0 aliphatic rings. The number of methoxy groups -OCH3 is 3. The van der Waals surface area contributed by atoms with E-state index in [1.54, 1.807) is 61.9 Å². The average molecular weight is 887 g/mol. The molecule has 5 aromatic rings. The van der Waals surface area contributed by atoms with Crippen LogP contribution in [-0.4, -0.2) is 93.7 Å². The molecule has 0 fully saturated rings. The number of ether oxygens (including phenoxy) is 3. The van der Waals surface area contributed by atoms with Gasteiger partial charge < -0.3 is 47.9 Å². The SMILES string of the molecule is COC(=O)c1cc(CC(=O)c2cc([N+](=O)[O-])cn2C)cn1C.COC(=O)c1cc(N)cn1C.COC(=O)c1cc([N+](=O)[O-])cn1C.Cl.Cl.Cn1cc([N+](=O)[O-])cc1C(=O)O. The molecule has 0 radical (unpaired) electrons. The third kappa shape index (κ3) is 13.9. The van der Waals surface area contributed by atoms with E-state index in [4.69, 9.17) is 10.8 Å². The lowest BCUT2D eigenvalue weighted by Crippen LogP contribution is -2.07. The number of ketones is 1. The molecule has 326 valence electrons. The maximum Gasteiger partial charge on any atom is 0.354 e. The Labute approximate surface area is 351 Å². The first-order valence-corrected chi connectivity index (χ1v) is 16.1. The zero-order valence-electron chi connectivity index (χ0n) is 33.1. The molecular formula is C34H41Cl2N9O15. The fraction of sp³-hybridized carbons (Fsp3) is 0.265. The fourth-order valence-corrected chi connectivity index (χ4v) is 4.95. The van der Waals surface area contributed by atoms with E-state index in [0.29, 0.717) is 22.6 Å². The van der Waals surface area contributed by atoms with Gasteiger partial charge >= 0.3 is 23.9 Å². The number of Topliss-reactive ketones (excluding diaryl/α,β-unsaturated/α-hetero) is 1. The third-order valence-electron chi connectivity index (χ3n) is 7.74. The van der Waals surface area contributed by atoms with Crippen LogP contribution in [-0.2, 0) is 55.9 Å². The first kappa shape index (κ1) is 52.5. The van der Waals surface area contributed by atoms with Gasteiger partial charge in [0.05, 0.1) is 66.1 Å². The molecule has 0 saturated heterocycles. The van der Waals surface area contributed by atoms with Gasteiger partial charge in [-0.3, -0.25) is 35.1 Å². The van der Waals surface area contributed by atoms with E-state index in [1.807, 2.05) is 0 Å². The van der Waals surface area contributed by atoms with Crippen LogP contribution < -0.4 is 5.73 Å². The lowest BCUT2D eigenvalue weighted by Gasteiger charge is -2.00. The number of rotatable bonds is 10. The maximum atomic E-state index is 12.3. The number of nitrogens with zero attached hydrogens (tertiary/aromatic N) is 8. The quantitative estimate of drug-likeness (QED) is 0.0656. The van der Waals surface area contributed by atoms with Gasteiger partial charge in [-0.2, -0.15) is 0 Å². The number of esters is 3. The lowest BCUT2D eigenvalue weighted by atomic mass is 10.1. The number of hydrogen-bond acceptors (Lipinski definition) is 15. The molecule has 5 aromatic heterocycles. The number of aromatic nitrogens is 5. The maximum absolute atomic E-state index is 12.3. The predicted molar refractivity (Wildman–Crippen MR) is 215 cm³/mol. The Morgan fingerprint density at radius 2 is 0.867 bits per heavy atom. The lowest BCUT2D eigenvalue weighted by molar-refractivity contribution is -0.385. The van der Waals surface area contributed by atoms with Gasteiger partial charge in [0, 0.05) is 72.3 Å². The van der Waals surface area contributed by atoms with E-state index in [2.05, 4.69) is 14.2 Å². The zero-order valence-corrected chi connectivity index (χ0v) is 34.7. The minimum Gasteiger partial charge on any atom is -0.477 e. The van der Waals surface area contributed by atoms with Gasteiger partial charge in [0.15, 0.2) is 5.78 Å². The highest BCUT2D eigenvalue weighted by Gasteiger charge is 2.21. The van der Waals surface area contributed by atoms with Crippen LogP contribution in [0, 0.1) is 30.3 Å². The molecule has 0 amide bonds. The highest BCUT2D eigenvalue weighted by molar-refractivity contribution is 5.97. The number of anilines is 1. The van der Waals surface area contributed by atoms with Crippen molar-refractivity contribution in [2.45, 2.75) is 6.42 Å². The van der Waals surface area contributed by atoms with Crippen molar-refractivity contribution in [3.8, 4) is 0 Å². The summed E-state index contributed by atoms with van der Waals surface area (Å²) in [5, 5.41) is 39.8. The Balaban J connectivity index is 0.000000800. The van der Waals surface area contributed by atoms with Crippen LogP contribution in [0.4, 0.5) is 22.7 Å². The smallest absolute Gasteiger partial charge is 0.354 e. The summed E-state index contributed by atoms with van der Waals surface area (Å²) in [6.07, 6.45) is 7.06. The van der Waals surface area contributed by atoms with Crippen molar-refractivity contribution in [1.82, 2.24) is 22.8 Å². The van der Waals surface area contributed by atoms with Gasteiger partial charge in [0.1, 0.15) is 22.8 Å². The fourth-order valence-electron chi connectivity index (χ4n) is 4.95. The van der Waals surface area contributed by atoms with Crippen LogP contribution in [0.15, 0.2) is 61.3 Å². The molecule has 24 nitrogen and oxygen atoms in total. The van der Waals surface area contributed by atoms with E-state index < -0.39 is 32.7 Å². The summed E-state index contributed by atoms with van der Waals surface area (Å²) in [5.74, 6) is -2.89.